The summed E-state index contributed by atoms with van der Waals surface area (Å²) >= 11 is 0. The van der Waals surface area contributed by atoms with E-state index in [1.807, 2.05) is 0 Å². The third kappa shape index (κ3) is 3.71. The van der Waals surface area contributed by atoms with Crippen molar-refractivity contribution in [3.05, 3.63) is 41.6 Å². The fourth-order valence-corrected chi connectivity index (χ4v) is 2.96. The number of nitrogens with zero attached hydrogens (tertiary/aromatic N) is 2. The number of anilines is 3. The van der Waals surface area contributed by atoms with Crippen LogP contribution in [0.5, 0.6) is 0 Å². The lowest BCUT2D eigenvalue weighted by molar-refractivity contribution is 0.599. The summed E-state index contributed by atoms with van der Waals surface area (Å²) in [4.78, 5) is 8.73. The van der Waals surface area contributed by atoms with Crippen LogP contribution in [0.3, 0.4) is 0 Å². The number of nitrogens with two attached hydrogens (primary N) is 2. The van der Waals surface area contributed by atoms with E-state index in [1.165, 1.54) is 17.5 Å². The molecule has 0 saturated heterocycles. The molecule has 2 aromatic rings. The van der Waals surface area contributed by atoms with Crippen molar-refractivity contribution in [2.75, 3.05) is 29.5 Å². The Kier molecular flexibility index (Phi) is 4.92. The first-order chi connectivity index (χ1) is 11.3. The van der Waals surface area contributed by atoms with Gasteiger partial charge in [-0.25, -0.2) is 4.98 Å². The summed E-state index contributed by atoms with van der Waals surface area (Å²) in [6.45, 7) is 1.40. The van der Waals surface area contributed by atoms with Crippen molar-refractivity contribution in [3.8, 4) is 0 Å². The molecule has 0 amide bonds. The van der Waals surface area contributed by atoms with E-state index in [4.69, 9.17) is 11.5 Å². The van der Waals surface area contributed by atoms with Crippen LogP contribution in [0.1, 0.15) is 36.4 Å². The van der Waals surface area contributed by atoms with Gasteiger partial charge in [-0.1, -0.05) is 24.3 Å². The molecule has 0 saturated carbocycles. The number of hydrogen-bond acceptors (Lipinski definition) is 6. The molecule has 0 fully saturated rings. The standard InChI is InChI=1S/C17H24N6/c18-9-4-10-20-17-21-11-14(19)16(23-17)22-15-8-3-6-12-5-1-2-7-13(12)15/h1-2,5,7,11,15H,3-4,6,8-10,18-19H2,(H2,20,21,22,23)/t15-/m1/s1. The van der Waals surface area contributed by atoms with Crippen molar-refractivity contribution in [1.82, 2.24) is 9.97 Å². The summed E-state index contributed by atoms with van der Waals surface area (Å²) in [7, 11) is 0. The topological polar surface area (TPSA) is 102 Å². The van der Waals surface area contributed by atoms with Crippen LogP contribution in [0.15, 0.2) is 30.5 Å². The lowest BCUT2D eigenvalue weighted by Gasteiger charge is -2.27. The highest BCUT2D eigenvalue weighted by atomic mass is 15.2. The van der Waals surface area contributed by atoms with Crippen LogP contribution < -0.4 is 22.1 Å². The van der Waals surface area contributed by atoms with Gasteiger partial charge in [0.25, 0.3) is 0 Å². The van der Waals surface area contributed by atoms with Crippen molar-refractivity contribution >= 4 is 17.5 Å². The van der Waals surface area contributed by atoms with E-state index >= 15 is 0 Å². The molecule has 6 nitrogen and oxygen atoms in total. The van der Waals surface area contributed by atoms with E-state index in [2.05, 4.69) is 44.9 Å². The van der Waals surface area contributed by atoms with E-state index in [0.29, 0.717) is 24.0 Å². The Morgan fingerprint density at radius 2 is 2.13 bits per heavy atom. The van der Waals surface area contributed by atoms with Gasteiger partial charge >= 0.3 is 0 Å². The number of aryl methyl sites for hydroxylation is 1. The van der Waals surface area contributed by atoms with Gasteiger partial charge in [0.1, 0.15) is 0 Å². The second-order valence-corrected chi connectivity index (χ2v) is 5.85. The molecule has 122 valence electrons. The quantitative estimate of drug-likeness (QED) is 0.611. The molecule has 0 radical (unpaired) electrons. The number of nitrogen functional groups attached to an aromatic ring is 1. The van der Waals surface area contributed by atoms with Crippen molar-refractivity contribution in [3.63, 3.8) is 0 Å². The fraction of sp³-hybridized carbons (Fsp3) is 0.412. The van der Waals surface area contributed by atoms with Crippen molar-refractivity contribution in [2.45, 2.75) is 31.7 Å². The van der Waals surface area contributed by atoms with Gasteiger partial charge < -0.3 is 22.1 Å². The Labute approximate surface area is 136 Å². The first-order valence-corrected chi connectivity index (χ1v) is 8.18. The van der Waals surface area contributed by atoms with Crippen LogP contribution in [0, 0.1) is 0 Å². The molecule has 3 rings (SSSR count). The van der Waals surface area contributed by atoms with E-state index < -0.39 is 0 Å². The number of benzene rings is 1. The maximum atomic E-state index is 6.05. The van der Waals surface area contributed by atoms with Crippen LogP contribution in [0.4, 0.5) is 17.5 Å². The third-order valence-corrected chi connectivity index (χ3v) is 4.16. The highest BCUT2D eigenvalue weighted by Crippen LogP contribution is 2.33. The minimum Gasteiger partial charge on any atom is -0.394 e. The zero-order valence-corrected chi connectivity index (χ0v) is 13.3. The monoisotopic (exact) mass is 312 g/mol. The highest BCUT2D eigenvalue weighted by Gasteiger charge is 2.20. The van der Waals surface area contributed by atoms with Gasteiger partial charge in [-0.05, 0) is 43.4 Å². The Bertz CT molecular complexity index is 657. The van der Waals surface area contributed by atoms with E-state index in [9.17, 15) is 0 Å². The highest BCUT2D eigenvalue weighted by molar-refractivity contribution is 5.62. The normalized spacial score (nSPS) is 16.7. The largest absolute Gasteiger partial charge is 0.394 e. The molecule has 1 aliphatic carbocycles. The molecule has 0 spiro atoms. The Balaban J connectivity index is 1.76. The maximum absolute atomic E-state index is 6.05. The van der Waals surface area contributed by atoms with Gasteiger partial charge in [0.15, 0.2) is 5.82 Å². The first kappa shape index (κ1) is 15.6. The summed E-state index contributed by atoms with van der Waals surface area (Å²) in [6.07, 6.45) is 5.92. The molecule has 1 atom stereocenters. The van der Waals surface area contributed by atoms with Gasteiger partial charge in [-0.3, -0.25) is 0 Å². The zero-order valence-electron chi connectivity index (χ0n) is 13.3. The van der Waals surface area contributed by atoms with Gasteiger partial charge in [0.05, 0.1) is 17.9 Å². The van der Waals surface area contributed by atoms with Gasteiger partial charge in [0, 0.05) is 6.54 Å². The number of hydrogen-bond donors (Lipinski definition) is 4. The lowest BCUT2D eigenvalue weighted by atomic mass is 9.88. The predicted molar refractivity (Wildman–Crippen MR) is 94.3 cm³/mol. The Morgan fingerprint density at radius 3 is 3.00 bits per heavy atom. The van der Waals surface area contributed by atoms with Crippen LogP contribution >= 0.6 is 0 Å². The molecular formula is C17H24N6. The molecular weight excluding hydrogens is 288 g/mol. The van der Waals surface area contributed by atoms with E-state index in [1.54, 1.807) is 6.20 Å². The molecule has 0 bridgehead atoms. The van der Waals surface area contributed by atoms with Crippen LogP contribution in [0.2, 0.25) is 0 Å². The number of rotatable bonds is 6. The Morgan fingerprint density at radius 1 is 1.26 bits per heavy atom. The van der Waals surface area contributed by atoms with Crippen molar-refractivity contribution in [2.24, 2.45) is 5.73 Å². The van der Waals surface area contributed by atoms with E-state index in [0.717, 1.165) is 25.8 Å². The summed E-state index contributed by atoms with van der Waals surface area (Å²) in [6, 6.07) is 8.81. The maximum Gasteiger partial charge on any atom is 0.224 e. The Hall–Kier alpha value is -2.34. The molecule has 0 unspecified atom stereocenters. The molecule has 1 aromatic heterocycles. The second kappa shape index (κ2) is 7.28. The minimum absolute atomic E-state index is 0.244. The third-order valence-electron chi connectivity index (χ3n) is 4.16. The second-order valence-electron chi connectivity index (χ2n) is 5.85. The smallest absolute Gasteiger partial charge is 0.224 e. The van der Waals surface area contributed by atoms with Crippen LogP contribution in [0.25, 0.3) is 0 Å². The summed E-state index contributed by atoms with van der Waals surface area (Å²) in [5, 5.41) is 6.67. The zero-order chi connectivity index (χ0) is 16.1. The van der Waals surface area contributed by atoms with Gasteiger partial charge in [-0.2, -0.15) is 4.98 Å². The molecule has 0 aliphatic heterocycles. The SMILES string of the molecule is NCCCNc1ncc(N)c(N[C@@H]2CCCc3ccccc32)n1. The van der Waals surface area contributed by atoms with Crippen molar-refractivity contribution in [1.29, 1.82) is 0 Å². The lowest BCUT2D eigenvalue weighted by Crippen LogP contribution is -2.19. The molecule has 6 heteroatoms. The molecule has 1 aliphatic rings. The molecule has 6 N–H and O–H groups in total. The first-order valence-electron chi connectivity index (χ1n) is 8.18. The molecule has 23 heavy (non-hydrogen) atoms. The van der Waals surface area contributed by atoms with Gasteiger partial charge in [-0.15, -0.1) is 0 Å². The molecule has 1 heterocycles. The molecule has 1 aromatic carbocycles. The number of nitrogens with one attached hydrogen (secondary N) is 2. The van der Waals surface area contributed by atoms with Crippen LogP contribution in [-0.4, -0.2) is 23.1 Å². The summed E-state index contributed by atoms with van der Waals surface area (Å²) in [5.41, 5.74) is 14.9. The number of aromatic nitrogens is 2. The summed E-state index contributed by atoms with van der Waals surface area (Å²) < 4.78 is 0. The minimum atomic E-state index is 0.244. The predicted octanol–water partition coefficient (Wildman–Crippen LogP) is 2.31. The fourth-order valence-electron chi connectivity index (χ4n) is 2.96. The average Bonchev–Trinajstić information content (AvgIpc) is 2.58. The summed E-state index contributed by atoms with van der Waals surface area (Å²) in [5.74, 6) is 1.27. The van der Waals surface area contributed by atoms with E-state index in [-0.39, 0.29) is 6.04 Å². The average molecular weight is 312 g/mol. The van der Waals surface area contributed by atoms with Crippen LogP contribution in [-0.2, 0) is 6.42 Å². The van der Waals surface area contributed by atoms with Crippen molar-refractivity contribution < 1.29 is 0 Å². The van der Waals surface area contributed by atoms with Gasteiger partial charge in [0.2, 0.25) is 5.95 Å². The number of fused-ring (bicyclic) bond motifs is 1.